The molecule has 2 nitrogen and oxygen atoms in total. The average Bonchev–Trinajstić information content (AvgIpc) is 3.18. The average molecular weight is 511 g/mol. The van der Waals surface area contributed by atoms with Crippen LogP contribution in [0.1, 0.15) is 11.3 Å². The summed E-state index contributed by atoms with van der Waals surface area (Å²) in [6.07, 6.45) is 0.915. The second-order valence-corrected chi connectivity index (χ2v) is 11.5. The molecule has 1 aromatic heterocycles. The Kier molecular flexibility index (Phi) is 6.80. The molecule has 1 heterocycles. The number of nitriles is 1. The molecular formula is C29H24BrN2P. The number of fused-ring (bicyclic) bond motifs is 1. The molecule has 0 aliphatic heterocycles. The molecule has 0 aliphatic rings. The Labute approximate surface area is 206 Å². The second-order valence-electron chi connectivity index (χ2n) is 8.05. The predicted molar refractivity (Wildman–Crippen MR) is 136 cm³/mol. The van der Waals surface area contributed by atoms with Gasteiger partial charge in [0, 0.05) is 18.0 Å². The van der Waals surface area contributed by atoms with E-state index in [1.165, 1.54) is 27.0 Å². The zero-order chi connectivity index (χ0) is 22.0. The number of halogens is 1. The Morgan fingerprint density at radius 3 is 1.64 bits per heavy atom. The van der Waals surface area contributed by atoms with Gasteiger partial charge in [-0.05, 0) is 54.6 Å². The summed E-state index contributed by atoms with van der Waals surface area (Å²) in [7, 11) is 0.158. The third kappa shape index (κ3) is 4.13. The first-order valence-corrected chi connectivity index (χ1v) is 12.7. The first kappa shape index (κ1) is 23.0. The van der Waals surface area contributed by atoms with Crippen molar-refractivity contribution in [1.82, 2.24) is 4.57 Å². The van der Waals surface area contributed by atoms with Crippen LogP contribution in [0.2, 0.25) is 0 Å². The van der Waals surface area contributed by atoms with Crippen molar-refractivity contribution in [1.29, 1.82) is 5.26 Å². The van der Waals surface area contributed by atoms with Gasteiger partial charge in [-0.25, -0.2) is 0 Å². The van der Waals surface area contributed by atoms with Gasteiger partial charge in [0.05, 0.1) is 17.3 Å². The topological polar surface area (TPSA) is 28.7 Å². The summed E-state index contributed by atoms with van der Waals surface area (Å²) in [4.78, 5) is 0. The molecule has 0 saturated heterocycles. The number of hydrogen-bond acceptors (Lipinski definition) is 1. The highest BCUT2D eigenvalue weighted by atomic mass is 79.9. The van der Waals surface area contributed by atoms with E-state index < -0.39 is 7.26 Å². The van der Waals surface area contributed by atoms with Crippen LogP contribution in [0.5, 0.6) is 0 Å². The summed E-state index contributed by atoms with van der Waals surface area (Å²) in [5, 5.41) is 14.7. The van der Waals surface area contributed by atoms with Crippen LogP contribution in [0.4, 0.5) is 0 Å². The molecule has 33 heavy (non-hydrogen) atoms. The molecule has 0 saturated carbocycles. The highest BCUT2D eigenvalue weighted by Gasteiger charge is 2.46. The zero-order valence-corrected chi connectivity index (χ0v) is 20.9. The second kappa shape index (κ2) is 9.75. The Morgan fingerprint density at radius 1 is 0.697 bits per heavy atom. The lowest BCUT2D eigenvalue weighted by molar-refractivity contribution is -0.00000648. The molecule has 0 unspecified atom stereocenters. The van der Waals surface area contributed by atoms with E-state index in [-0.39, 0.29) is 17.0 Å². The van der Waals surface area contributed by atoms with Crippen LogP contribution in [-0.4, -0.2) is 4.57 Å². The minimum Gasteiger partial charge on any atom is -1.00 e. The standard InChI is InChI=1S/C29H24N2P.BrH/c1-31-25(20-24-18-17-23(21-30)19-29(24)31)22-32(26-11-5-2-6-12-26,27-13-7-3-8-14-27)28-15-9-4-10-16-28;/h2-20H,22H2,1H3;1H/q+1;/p-1. The van der Waals surface area contributed by atoms with E-state index in [1.54, 1.807) is 0 Å². The van der Waals surface area contributed by atoms with Crippen molar-refractivity contribution in [3.05, 3.63) is 127 Å². The summed E-state index contributed by atoms with van der Waals surface area (Å²) < 4.78 is 2.26. The molecule has 0 spiro atoms. The summed E-state index contributed by atoms with van der Waals surface area (Å²) >= 11 is 0. The first-order valence-electron chi connectivity index (χ1n) is 10.8. The number of rotatable bonds is 5. The van der Waals surface area contributed by atoms with Crippen LogP contribution in [0.25, 0.3) is 10.9 Å². The van der Waals surface area contributed by atoms with E-state index >= 15 is 0 Å². The van der Waals surface area contributed by atoms with Gasteiger partial charge in [0.15, 0.2) is 0 Å². The quantitative estimate of drug-likeness (QED) is 0.334. The SMILES string of the molecule is Cn1c(C[P+](c2ccccc2)(c2ccccc2)c2ccccc2)cc2ccc(C#N)cc21.[Br-]. The van der Waals surface area contributed by atoms with Crippen LogP contribution in [-0.2, 0) is 13.2 Å². The first-order chi connectivity index (χ1) is 15.7. The zero-order valence-electron chi connectivity index (χ0n) is 18.4. The largest absolute Gasteiger partial charge is 1.00 e. The summed E-state index contributed by atoms with van der Waals surface area (Å²) in [6.45, 7) is 0. The number of aryl methyl sites for hydroxylation is 1. The fourth-order valence-corrected chi connectivity index (χ4v) is 8.89. The van der Waals surface area contributed by atoms with Crippen molar-refractivity contribution in [3.8, 4) is 6.07 Å². The van der Waals surface area contributed by atoms with Crippen LogP contribution >= 0.6 is 7.26 Å². The van der Waals surface area contributed by atoms with E-state index in [4.69, 9.17) is 0 Å². The maximum Gasteiger partial charge on any atom is 0.118 e. The molecule has 5 rings (SSSR count). The van der Waals surface area contributed by atoms with Crippen LogP contribution in [0.3, 0.4) is 0 Å². The maximum atomic E-state index is 9.37. The third-order valence-electron chi connectivity index (χ3n) is 6.26. The van der Waals surface area contributed by atoms with E-state index in [9.17, 15) is 5.26 Å². The van der Waals surface area contributed by atoms with Crippen molar-refractivity contribution in [2.24, 2.45) is 7.05 Å². The van der Waals surface area contributed by atoms with E-state index in [1.807, 2.05) is 12.1 Å². The number of benzene rings is 4. The summed E-state index contributed by atoms with van der Waals surface area (Å²) in [5.74, 6) is 0. The highest BCUT2D eigenvalue weighted by molar-refractivity contribution is 7.95. The lowest BCUT2D eigenvalue weighted by atomic mass is 10.2. The number of aromatic nitrogens is 1. The molecule has 0 fully saturated rings. The lowest BCUT2D eigenvalue weighted by Gasteiger charge is -2.28. The van der Waals surface area contributed by atoms with Gasteiger partial charge in [0.2, 0.25) is 0 Å². The minimum absolute atomic E-state index is 0. The molecule has 0 N–H and O–H groups in total. The Hall–Kier alpha value is -3.18. The molecule has 162 valence electrons. The molecule has 0 bridgehead atoms. The Morgan fingerprint density at radius 2 is 1.18 bits per heavy atom. The van der Waals surface area contributed by atoms with Gasteiger partial charge in [-0.3, -0.25) is 0 Å². The van der Waals surface area contributed by atoms with Gasteiger partial charge in [-0.15, -0.1) is 0 Å². The smallest absolute Gasteiger partial charge is 0.118 e. The van der Waals surface area contributed by atoms with Gasteiger partial charge in [0.1, 0.15) is 29.3 Å². The summed E-state index contributed by atoms with van der Waals surface area (Å²) in [6, 6.07) is 43.4. The van der Waals surface area contributed by atoms with Crippen molar-refractivity contribution in [2.45, 2.75) is 6.16 Å². The Bertz CT molecular complexity index is 1310. The van der Waals surface area contributed by atoms with E-state index in [0.29, 0.717) is 5.56 Å². The normalized spacial score (nSPS) is 11.0. The fraction of sp³-hybridized carbons (Fsp3) is 0.0690. The van der Waals surface area contributed by atoms with E-state index in [0.717, 1.165) is 11.7 Å². The van der Waals surface area contributed by atoms with Crippen LogP contribution < -0.4 is 32.9 Å². The molecule has 5 aromatic rings. The van der Waals surface area contributed by atoms with Crippen molar-refractivity contribution in [2.75, 3.05) is 0 Å². The van der Waals surface area contributed by atoms with Gasteiger partial charge in [-0.2, -0.15) is 5.26 Å². The monoisotopic (exact) mass is 510 g/mol. The Balaban J connectivity index is 0.00000259. The van der Waals surface area contributed by atoms with Gasteiger partial charge in [-0.1, -0.05) is 60.7 Å². The molecule has 0 amide bonds. The number of hydrogen-bond donors (Lipinski definition) is 0. The van der Waals surface area contributed by atoms with Crippen molar-refractivity contribution < 1.29 is 17.0 Å². The molecule has 4 aromatic carbocycles. The van der Waals surface area contributed by atoms with E-state index in [2.05, 4.69) is 121 Å². The van der Waals surface area contributed by atoms with Gasteiger partial charge < -0.3 is 21.5 Å². The van der Waals surface area contributed by atoms with Gasteiger partial charge in [0.25, 0.3) is 0 Å². The maximum absolute atomic E-state index is 9.37. The predicted octanol–water partition coefficient (Wildman–Crippen LogP) is 2.55. The van der Waals surface area contributed by atoms with Crippen molar-refractivity contribution in [3.63, 3.8) is 0 Å². The van der Waals surface area contributed by atoms with Crippen LogP contribution in [0.15, 0.2) is 115 Å². The highest BCUT2D eigenvalue weighted by Crippen LogP contribution is 2.58. The lowest BCUT2D eigenvalue weighted by Crippen LogP contribution is -3.00. The molecule has 0 aliphatic carbocycles. The fourth-order valence-electron chi connectivity index (χ4n) is 4.62. The summed E-state index contributed by atoms with van der Waals surface area (Å²) in [5.41, 5.74) is 3.08. The number of nitrogens with zero attached hydrogens (tertiary/aromatic N) is 2. The molecule has 0 atom stereocenters. The molecule has 4 heteroatoms. The molecular weight excluding hydrogens is 487 g/mol. The van der Waals surface area contributed by atoms with Gasteiger partial charge >= 0.3 is 0 Å². The minimum atomic E-state index is -1.96. The molecule has 0 radical (unpaired) electrons. The van der Waals surface area contributed by atoms with Crippen molar-refractivity contribution >= 4 is 34.1 Å². The third-order valence-corrected chi connectivity index (χ3v) is 10.6. The van der Waals surface area contributed by atoms with Crippen LogP contribution in [0, 0.1) is 11.3 Å².